The average molecular weight is 1220 g/mol. The van der Waals surface area contributed by atoms with Gasteiger partial charge in [0.15, 0.2) is 4.90 Å². The minimum atomic E-state index is -1.02. The van der Waals surface area contributed by atoms with Crippen molar-refractivity contribution >= 4 is 80.7 Å². The van der Waals surface area contributed by atoms with Gasteiger partial charge in [0, 0.05) is 66.2 Å². The number of aryl methyl sites for hydroxylation is 2. The Hall–Kier alpha value is -5.18. The quantitative estimate of drug-likeness (QED) is 0.0680. The Morgan fingerprint density at radius 2 is 0.683 bits per heavy atom. The monoisotopic (exact) mass is 1220 g/mol. The van der Waals surface area contributed by atoms with E-state index in [9.17, 15) is 0 Å². The smallest absolute Gasteiger partial charge is 0.366 e. The molecule has 0 amide bonds. The van der Waals surface area contributed by atoms with Crippen molar-refractivity contribution in [1.29, 1.82) is 0 Å². The van der Waals surface area contributed by atoms with E-state index in [1.165, 1.54) is 59.3 Å². The van der Waals surface area contributed by atoms with Crippen LogP contribution in [0.5, 0.6) is 0 Å². The molecule has 0 N–H and O–H groups in total. The average Bonchev–Trinajstić information content (AvgIpc) is 3.77. The van der Waals surface area contributed by atoms with E-state index in [1.807, 2.05) is 48.5 Å². The minimum absolute atomic E-state index is 0. The molecular formula is C57H48Au2N2P2+2. The molecule has 0 aliphatic carbocycles. The van der Waals surface area contributed by atoms with Gasteiger partial charge in [-0.15, -0.1) is 35.4 Å². The molecule has 10 aromatic rings. The van der Waals surface area contributed by atoms with Crippen LogP contribution in [0.3, 0.4) is 0 Å². The van der Waals surface area contributed by atoms with Gasteiger partial charge in [0.25, 0.3) is 0 Å². The van der Waals surface area contributed by atoms with Crippen molar-refractivity contribution < 1.29 is 44.8 Å². The molecule has 10 rings (SSSR count). The summed E-state index contributed by atoms with van der Waals surface area (Å²) in [6, 6.07) is 73.3. The van der Waals surface area contributed by atoms with Crippen LogP contribution in [0.4, 0.5) is 0 Å². The molecule has 0 atom stereocenters. The third-order valence-corrected chi connectivity index (χ3v) is 19.3. The number of nitrogens with zero attached hydrogens (tertiary/aromatic N) is 2. The second-order valence-electron chi connectivity index (χ2n) is 15.7. The van der Waals surface area contributed by atoms with Crippen molar-refractivity contribution in [1.82, 2.24) is 9.13 Å². The zero-order valence-corrected chi connectivity index (χ0v) is 42.0. The van der Waals surface area contributed by atoms with Gasteiger partial charge in [0.2, 0.25) is 0 Å². The number of hydrogen-bond donors (Lipinski definition) is 0. The Morgan fingerprint density at radius 3 is 1.11 bits per heavy atom. The number of aromatic nitrogens is 2. The summed E-state index contributed by atoms with van der Waals surface area (Å²) in [5.74, 6) is 4.86. The van der Waals surface area contributed by atoms with Crippen LogP contribution >= 0.6 is 15.8 Å². The minimum Gasteiger partial charge on any atom is -0.366 e. The Kier molecular flexibility index (Phi) is 16.1. The van der Waals surface area contributed by atoms with Gasteiger partial charge in [-0.1, -0.05) is 121 Å². The van der Waals surface area contributed by atoms with Crippen molar-refractivity contribution in [2.24, 2.45) is 14.1 Å². The topological polar surface area (TPSA) is 9.86 Å². The van der Waals surface area contributed by atoms with Gasteiger partial charge in [-0.05, 0) is 66.0 Å². The van der Waals surface area contributed by atoms with E-state index >= 15 is 0 Å². The maximum Gasteiger partial charge on any atom is 1.00 e. The van der Waals surface area contributed by atoms with Crippen LogP contribution in [0, 0.1) is 24.7 Å². The first kappa shape index (κ1) is 47.3. The van der Waals surface area contributed by atoms with Crippen molar-refractivity contribution in [3.63, 3.8) is 0 Å². The maximum atomic E-state index is 7.18. The summed E-state index contributed by atoms with van der Waals surface area (Å²) in [5, 5.41) is 10.9. The SMILES string of the molecule is CC(C)([PH+](c1ccccc1)c1ccccc1)[PH+](c1ccccc1)c1ccccc1.[Au+].[Au+].[C-]#Cc1ccc2c(c1)c1ccccc1n2C.[C-]#Cc1ccc2c3ccccc3n(C)c2c1. The van der Waals surface area contributed by atoms with Gasteiger partial charge in [0.05, 0.1) is 0 Å². The molecule has 0 fully saturated rings. The second-order valence-corrected chi connectivity index (χ2v) is 22.5. The summed E-state index contributed by atoms with van der Waals surface area (Å²) in [6.07, 6.45) is 14.3. The molecule has 2 nitrogen and oxygen atoms in total. The molecule has 8 aromatic carbocycles. The van der Waals surface area contributed by atoms with Gasteiger partial charge in [-0.25, -0.2) is 0 Å². The largest absolute Gasteiger partial charge is 1.00 e. The number of hydrogen-bond acceptors (Lipinski definition) is 0. The molecule has 63 heavy (non-hydrogen) atoms. The van der Waals surface area contributed by atoms with Crippen LogP contribution in [0.2, 0.25) is 0 Å². The van der Waals surface area contributed by atoms with Crippen molar-refractivity contribution in [2.45, 2.75) is 18.7 Å². The second kappa shape index (κ2) is 21.5. The standard InChI is InChI=1S/C27H26P2.2C15H10N.2Au/c1-27(2,28(23-15-7-3-8-16-23)24-17-9-4-10-18-24)29(25-19-11-5-12-20-25)26-21-13-6-14-22-26;1-3-11-8-9-15-13(10-11)12-6-4-5-7-14(12)16(15)2;1-3-11-8-9-13-12-6-4-5-7-14(12)16(2)15(13)10-11;;/h3-22H,1-2H3;2*4-10H,2H3;;/q;2*-1;2*+1/p+2. The van der Waals surface area contributed by atoms with E-state index in [2.05, 4.69) is 207 Å². The fourth-order valence-electron chi connectivity index (χ4n) is 8.80. The molecule has 2 heterocycles. The van der Waals surface area contributed by atoms with Gasteiger partial charge in [-0.3, -0.25) is 11.8 Å². The van der Waals surface area contributed by atoms with E-state index in [4.69, 9.17) is 12.8 Å². The number of fused-ring (bicyclic) bond motifs is 6. The normalized spacial score (nSPS) is 10.9. The third-order valence-electron chi connectivity index (χ3n) is 11.6. The predicted molar refractivity (Wildman–Crippen MR) is 268 cm³/mol. The molecular weight excluding hydrogens is 1170 g/mol. The van der Waals surface area contributed by atoms with Crippen LogP contribution in [-0.2, 0) is 58.9 Å². The number of para-hydroxylation sites is 2. The summed E-state index contributed by atoms with van der Waals surface area (Å²) in [6.45, 7) is 5.02. The van der Waals surface area contributed by atoms with Crippen molar-refractivity contribution in [2.75, 3.05) is 0 Å². The maximum absolute atomic E-state index is 7.18. The first-order valence-corrected chi connectivity index (χ1v) is 23.6. The van der Waals surface area contributed by atoms with Crippen LogP contribution in [0.15, 0.2) is 206 Å². The summed E-state index contributed by atoms with van der Waals surface area (Å²) >= 11 is 0. The Bertz CT molecular complexity index is 2990. The molecule has 0 saturated carbocycles. The van der Waals surface area contributed by atoms with E-state index in [-0.39, 0.29) is 49.7 Å². The molecule has 316 valence electrons. The van der Waals surface area contributed by atoms with Gasteiger partial charge in [-0.2, -0.15) is 0 Å². The first-order chi connectivity index (χ1) is 29.8. The van der Waals surface area contributed by atoms with Crippen LogP contribution < -0.4 is 21.2 Å². The van der Waals surface area contributed by atoms with Gasteiger partial charge < -0.3 is 22.0 Å². The summed E-state index contributed by atoms with van der Waals surface area (Å²) in [5.41, 5.74) is 6.43. The van der Waals surface area contributed by atoms with E-state index in [0.717, 1.165) is 16.6 Å². The number of benzene rings is 8. The molecule has 0 unspecified atom stereocenters. The molecule has 0 spiro atoms. The Labute approximate surface area is 406 Å². The fraction of sp³-hybridized carbons (Fsp3) is 0.0877. The predicted octanol–water partition coefficient (Wildman–Crippen LogP) is 12.0. The zero-order valence-electron chi connectivity index (χ0n) is 35.6. The number of rotatable bonds is 6. The Balaban J connectivity index is 0.000000166. The molecule has 0 aliphatic heterocycles. The zero-order chi connectivity index (χ0) is 42.3. The van der Waals surface area contributed by atoms with Gasteiger partial charge >= 0.3 is 44.8 Å². The van der Waals surface area contributed by atoms with Crippen molar-refractivity contribution in [3.05, 3.63) is 230 Å². The molecule has 0 aliphatic rings. The van der Waals surface area contributed by atoms with E-state index < -0.39 is 15.8 Å². The third kappa shape index (κ3) is 9.98. The van der Waals surface area contributed by atoms with E-state index in [1.54, 1.807) is 0 Å². The fourth-order valence-corrected chi connectivity index (χ4v) is 17.2. The van der Waals surface area contributed by atoms with Crippen LogP contribution in [0.25, 0.3) is 43.6 Å². The molecule has 2 aromatic heterocycles. The summed E-state index contributed by atoms with van der Waals surface area (Å²) in [4.78, 5) is 0.154. The van der Waals surface area contributed by atoms with E-state index in [0.29, 0.717) is 0 Å². The molecule has 0 bridgehead atoms. The summed E-state index contributed by atoms with van der Waals surface area (Å²) < 4.78 is 4.34. The van der Waals surface area contributed by atoms with Crippen LogP contribution in [-0.4, -0.2) is 14.0 Å². The van der Waals surface area contributed by atoms with Crippen molar-refractivity contribution in [3.8, 4) is 11.8 Å². The molecule has 6 heteroatoms. The summed E-state index contributed by atoms with van der Waals surface area (Å²) in [7, 11) is 2.07. The van der Waals surface area contributed by atoms with Gasteiger partial charge in [0.1, 0.15) is 37.1 Å². The van der Waals surface area contributed by atoms with Crippen LogP contribution in [0.1, 0.15) is 25.0 Å². The molecule has 0 radical (unpaired) electrons. The molecule has 0 saturated heterocycles. The Morgan fingerprint density at radius 1 is 0.365 bits per heavy atom. The first-order valence-electron chi connectivity index (χ1n) is 20.6.